The molecule has 0 rings (SSSR count). The maximum Gasteiger partial charge on any atom is 0.326 e. The SMILES string of the molecule is CC(C)C[C@H](NC(=O)[C@H](C)NC(=O)[C@H](C)NC(=O)[C@@H](NC(=O)[C@@H](N)CCC(=O)O)C(C)C)C(=O)N[C@@H](CCC(=O)O)C(=O)N[C@@H](CCCCN)C(=O)O. The maximum atomic E-state index is 13.4. The van der Waals surface area contributed by atoms with E-state index in [2.05, 4.69) is 31.9 Å². The highest BCUT2D eigenvalue weighted by molar-refractivity contribution is 5.97. The number of carboxylic acids is 3. The molecule has 0 aliphatic heterocycles. The third kappa shape index (κ3) is 19.5. The molecule has 302 valence electrons. The van der Waals surface area contributed by atoms with Crippen molar-refractivity contribution in [3.05, 3.63) is 0 Å². The number of carboxylic acid groups (broad SMARTS) is 3. The zero-order valence-electron chi connectivity index (χ0n) is 31.2. The van der Waals surface area contributed by atoms with E-state index < -0.39 is 108 Å². The van der Waals surface area contributed by atoms with Crippen LogP contribution in [0.25, 0.3) is 0 Å². The summed E-state index contributed by atoms with van der Waals surface area (Å²) < 4.78 is 0. The van der Waals surface area contributed by atoms with Gasteiger partial charge in [-0.25, -0.2) is 4.79 Å². The van der Waals surface area contributed by atoms with Crippen LogP contribution in [0.4, 0.5) is 0 Å². The van der Waals surface area contributed by atoms with Crippen LogP contribution in [0.1, 0.15) is 92.9 Å². The van der Waals surface area contributed by atoms with Crippen LogP contribution in [0.2, 0.25) is 0 Å². The number of carbonyl (C=O) groups excluding carboxylic acids is 6. The molecule has 0 fully saturated rings. The van der Waals surface area contributed by atoms with Gasteiger partial charge in [-0.3, -0.25) is 38.4 Å². The van der Waals surface area contributed by atoms with E-state index in [0.717, 1.165) is 0 Å². The molecule has 0 aliphatic carbocycles. The van der Waals surface area contributed by atoms with Gasteiger partial charge in [0.2, 0.25) is 35.4 Å². The van der Waals surface area contributed by atoms with Gasteiger partial charge in [0.05, 0.1) is 6.04 Å². The first kappa shape index (κ1) is 48.1. The lowest BCUT2D eigenvalue weighted by molar-refractivity contribution is -0.143. The Morgan fingerprint density at radius 2 is 1.00 bits per heavy atom. The van der Waals surface area contributed by atoms with Gasteiger partial charge in [-0.05, 0) is 70.8 Å². The Bertz CT molecular complexity index is 1290. The smallest absolute Gasteiger partial charge is 0.326 e. The summed E-state index contributed by atoms with van der Waals surface area (Å²) in [6, 6.07) is -8.78. The highest BCUT2D eigenvalue weighted by Crippen LogP contribution is 2.09. The Morgan fingerprint density at radius 1 is 0.528 bits per heavy atom. The third-order valence-corrected chi connectivity index (χ3v) is 7.94. The molecule has 0 saturated heterocycles. The second kappa shape index (κ2) is 24.4. The second-order valence-electron chi connectivity index (χ2n) is 13.6. The lowest BCUT2D eigenvalue weighted by atomic mass is 10.0. The fraction of sp³-hybridized carbons (Fsp3) is 0.727. The Kier molecular flexibility index (Phi) is 22.2. The van der Waals surface area contributed by atoms with Crippen LogP contribution >= 0.6 is 0 Å². The molecule has 20 nitrogen and oxygen atoms in total. The molecule has 0 unspecified atom stereocenters. The highest BCUT2D eigenvalue weighted by Gasteiger charge is 2.33. The summed E-state index contributed by atoms with van der Waals surface area (Å²) in [5, 5.41) is 42.2. The predicted molar refractivity (Wildman–Crippen MR) is 189 cm³/mol. The van der Waals surface area contributed by atoms with E-state index in [1.165, 1.54) is 13.8 Å². The van der Waals surface area contributed by atoms with Gasteiger partial charge in [0.15, 0.2) is 0 Å². The molecular formula is C33H58N8O12. The summed E-state index contributed by atoms with van der Waals surface area (Å²) in [5.41, 5.74) is 11.2. The minimum absolute atomic E-state index is 0.0512. The third-order valence-electron chi connectivity index (χ3n) is 7.94. The molecule has 0 saturated carbocycles. The van der Waals surface area contributed by atoms with Crippen molar-refractivity contribution in [2.75, 3.05) is 6.54 Å². The minimum atomic E-state index is -1.46. The Labute approximate surface area is 308 Å². The molecule has 0 aromatic rings. The van der Waals surface area contributed by atoms with Crippen molar-refractivity contribution in [3.8, 4) is 0 Å². The molecule has 0 aliphatic rings. The number of unbranched alkanes of at least 4 members (excludes halogenated alkanes) is 1. The standard InChI is InChI=1S/C33H58N8O12/c1-16(2)15-23(31(50)38-21(11-13-25(44)45)30(49)39-22(33(52)53)9-7-8-14-34)40-28(47)19(6)36-27(46)18(5)37-32(51)26(17(3)4)41-29(48)20(35)10-12-24(42)43/h16-23,26H,7-15,34-35H2,1-6H3,(H,36,46)(H,37,51)(H,38,50)(H,39,49)(H,40,47)(H,41,48)(H,42,43)(H,44,45)(H,52,53)/t18-,19-,20-,21-,22-,23-,26-/m0/s1. The van der Waals surface area contributed by atoms with Gasteiger partial charge >= 0.3 is 17.9 Å². The lowest BCUT2D eigenvalue weighted by Crippen LogP contribution is -2.59. The van der Waals surface area contributed by atoms with Crippen LogP contribution in [0, 0.1) is 11.8 Å². The first-order valence-electron chi connectivity index (χ1n) is 17.5. The topological polar surface area (TPSA) is 339 Å². The van der Waals surface area contributed by atoms with Crippen LogP contribution in [0.3, 0.4) is 0 Å². The summed E-state index contributed by atoms with van der Waals surface area (Å²) in [4.78, 5) is 112. The fourth-order valence-electron chi connectivity index (χ4n) is 4.81. The first-order chi connectivity index (χ1) is 24.6. The van der Waals surface area contributed by atoms with Gasteiger partial charge in [0.25, 0.3) is 0 Å². The van der Waals surface area contributed by atoms with E-state index in [-0.39, 0.29) is 38.0 Å². The van der Waals surface area contributed by atoms with Crippen molar-refractivity contribution < 1.29 is 58.5 Å². The van der Waals surface area contributed by atoms with Gasteiger partial charge in [-0.15, -0.1) is 0 Å². The van der Waals surface area contributed by atoms with Crippen molar-refractivity contribution in [1.29, 1.82) is 0 Å². The molecule has 53 heavy (non-hydrogen) atoms. The molecule has 0 radical (unpaired) electrons. The number of nitrogens with two attached hydrogens (primary N) is 2. The van der Waals surface area contributed by atoms with Crippen molar-refractivity contribution >= 4 is 53.4 Å². The second-order valence-corrected chi connectivity index (χ2v) is 13.6. The Balaban J connectivity index is 5.65. The van der Waals surface area contributed by atoms with Gasteiger partial charge < -0.3 is 58.7 Å². The summed E-state index contributed by atoms with van der Waals surface area (Å²) in [5.74, 6) is -9.22. The molecule has 13 N–H and O–H groups in total. The van der Waals surface area contributed by atoms with Gasteiger partial charge in [0.1, 0.15) is 36.3 Å². The van der Waals surface area contributed by atoms with Crippen LogP contribution in [-0.2, 0) is 43.2 Å². The van der Waals surface area contributed by atoms with Gasteiger partial charge in [-0.2, -0.15) is 0 Å². The van der Waals surface area contributed by atoms with Crippen LogP contribution in [-0.4, -0.2) is 118 Å². The number of nitrogens with one attached hydrogen (secondary N) is 6. The highest BCUT2D eigenvalue weighted by atomic mass is 16.4. The number of rotatable bonds is 26. The molecule has 6 amide bonds. The van der Waals surface area contributed by atoms with Crippen LogP contribution in [0.5, 0.6) is 0 Å². The van der Waals surface area contributed by atoms with Crippen molar-refractivity contribution in [1.82, 2.24) is 31.9 Å². The number of carbonyl (C=O) groups is 9. The molecular weight excluding hydrogens is 700 g/mol. The normalized spacial score (nSPS) is 15.1. The van der Waals surface area contributed by atoms with Crippen molar-refractivity contribution in [3.63, 3.8) is 0 Å². The molecule has 0 bridgehead atoms. The largest absolute Gasteiger partial charge is 0.481 e. The molecule has 0 aromatic carbocycles. The average molecular weight is 759 g/mol. The predicted octanol–water partition coefficient (Wildman–Crippen LogP) is -2.09. The Hall–Kier alpha value is -4.85. The monoisotopic (exact) mass is 758 g/mol. The zero-order chi connectivity index (χ0) is 41.0. The zero-order valence-corrected chi connectivity index (χ0v) is 31.2. The molecule has 0 heterocycles. The van der Waals surface area contributed by atoms with Gasteiger partial charge in [0, 0.05) is 12.8 Å². The van der Waals surface area contributed by atoms with Gasteiger partial charge in [-0.1, -0.05) is 27.7 Å². The van der Waals surface area contributed by atoms with Crippen molar-refractivity contribution in [2.45, 2.75) is 135 Å². The van der Waals surface area contributed by atoms with E-state index in [4.69, 9.17) is 16.6 Å². The Morgan fingerprint density at radius 3 is 1.49 bits per heavy atom. The summed E-state index contributed by atoms with van der Waals surface area (Å²) in [7, 11) is 0. The molecule has 0 aromatic heterocycles. The van der Waals surface area contributed by atoms with E-state index >= 15 is 0 Å². The number of hydrogen-bond donors (Lipinski definition) is 11. The minimum Gasteiger partial charge on any atom is -0.481 e. The van der Waals surface area contributed by atoms with E-state index in [1.54, 1.807) is 27.7 Å². The van der Waals surface area contributed by atoms with Crippen molar-refractivity contribution in [2.24, 2.45) is 23.3 Å². The van der Waals surface area contributed by atoms with E-state index in [0.29, 0.717) is 19.4 Å². The summed E-state index contributed by atoms with van der Waals surface area (Å²) in [6.45, 7) is 9.74. The van der Waals surface area contributed by atoms with E-state index in [9.17, 15) is 53.4 Å². The molecule has 0 spiro atoms. The number of aliphatic carboxylic acids is 3. The quantitative estimate of drug-likeness (QED) is 0.0422. The molecule has 20 heteroatoms. The lowest BCUT2D eigenvalue weighted by Gasteiger charge is -2.27. The van der Waals surface area contributed by atoms with Crippen LogP contribution < -0.4 is 43.4 Å². The summed E-state index contributed by atoms with van der Waals surface area (Å²) in [6.07, 6.45) is -0.399. The maximum absolute atomic E-state index is 13.4. The number of hydrogen-bond acceptors (Lipinski definition) is 11. The molecule has 7 atom stereocenters. The first-order valence-corrected chi connectivity index (χ1v) is 17.5. The number of amides is 6. The fourth-order valence-corrected chi connectivity index (χ4v) is 4.81. The summed E-state index contributed by atoms with van der Waals surface area (Å²) >= 11 is 0. The van der Waals surface area contributed by atoms with E-state index in [1.807, 2.05) is 0 Å². The van der Waals surface area contributed by atoms with Crippen LogP contribution in [0.15, 0.2) is 0 Å². The average Bonchev–Trinajstić information content (AvgIpc) is 3.05.